The molecule has 0 atom stereocenters. The first-order valence-electron chi connectivity index (χ1n) is 4.83. The molecule has 0 aromatic carbocycles. The molecule has 0 radical (unpaired) electrons. The zero-order valence-electron chi connectivity index (χ0n) is 8.82. The Hall–Kier alpha value is -1.15. The quantitative estimate of drug-likeness (QED) is 0.681. The predicted octanol–water partition coefficient (Wildman–Crippen LogP) is 4.14. The molecule has 2 heterocycles. The first-order valence-corrected chi connectivity index (χ1v) is 5.71. The molecule has 0 saturated carbocycles. The third-order valence-corrected chi connectivity index (χ3v) is 2.58. The van der Waals surface area contributed by atoms with Crippen molar-refractivity contribution in [3.8, 4) is 10.6 Å². The third kappa shape index (κ3) is 2.67. The second-order valence-electron chi connectivity index (χ2n) is 2.70. The minimum atomic E-state index is 1.07. The Morgan fingerprint density at radius 3 is 2.43 bits per heavy atom. The Labute approximate surface area is 89.4 Å². The summed E-state index contributed by atoms with van der Waals surface area (Å²) in [5.41, 5.74) is 2.27. The van der Waals surface area contributed by atoms with Gasteiger partial charge in [0.1, 0.15) is 0 Å². The smallest absolute Gasteiger partial charge is 0.0801 e. The average molecular weight is 205 g/mol. The third-order valence-electron chi connectivity index (χ3n) is 1.68. The molecule has 0 unspecified atom stereocenters. The summed E-state index contributed by atoms with van der Waals surface area (Å²) < 4.78 is 0. The monoisotopic (exact) mass is 205 g/mol. The second-order valence-corrected chi connectivity index (χ2v) is 3.65. The van der Waals surface area contributed by atoms with Gasteiger partial charge in [-0.2, -0.15) is 0 Å². The summed E-state index contributed by atoms with van der Waals surface area (Å²) in [6.45, 7) is 6.05. The fourth-order valence-corrected chi connectivity index (χ4v) is 1.74. The maximum Gasteiger partial charge on any atom is 0.0801 e. The minimum Gasteiger partial charge on any atom is -0.255 e. The Balaban J connectivity index is 0.000000461. The van der Waals surface area contributed by atoms with Crippen LogP contribution in [0.25, 0.3) is 10.6 Å². The first-order chi connectivity index (χ1) is 6.86. The van der Waals surface area contributed by atoms with Gasteiger partial charge >= 0.3 is 0 Å². The summed E-state index contributed by atoms with van der Waals surface area (Å²) in [5, 5.41) is 2.07. The van der Waals surface area contributed by atoms with Gasteiger partial charge < -0.3 is 0 Å². The van der Waals surface area contributed by atoms with E-state index in [0.717, 1.165) is 5.69 Å². The zero-order valence-corrected chi connectivity index (χ0v) is 9.64. The van der Waals surface area contributed by atoms with Gasteiger partial charge in [-0.3, -0.25) is 4.98 Å². The highest BCUT2D eigenvalue weighted by Gasteiger charge is 1.97. The molecule has 14 heavy (non-hydrogen) atoms. The molecule has 0 aliphatic carbocycles. The van der Waals surface area contributed by atoms with Crippen molar-refractivity contribution >= 4 is 11.3 Å². The predicted molar refractivity (Wildman–Crippen MR) is 63.6 cm³/mol. The van der Waals surface area contributed by atoms with Gasteiger partial charge in [0.25, 0.3) is 0 Å². The van der Waals surface area contributed by atoms with Crippen LogP contribution in [0.2, 0.25) is 0 Å². The molecule has 0 saturated heterocycles. The first kappa shape index (κ1) is 10.9. The van der Waals surface area contributed by atoms with E-state index >= 15 is 0 Å². The molecule has 1 nitrogen and oxygen atoms in total. The number of hydrogen-bond donors (Lipinski definition) is 0. The standard InChI is InChI=1S/C10H9NS.C2H6/c1-8-4-5-9(11-7-8)10-3-2-6-12-10;1-2/h2-7H,1H3;1-2H3. The van der Waals surface area contributed by atoms with Crippen LogP contribution in [0.3, 0.4) is 0 Å². The molecule has 0 bridgehead atoms. The van der Waals surface area contributed by atoms with Crippen LogP contribution in [0.1, 0.15) is 19.4 Å². The molecular weight excluding hydrogens is 190 g/mol. The fourth-order valence-electron chi connectivity index (χ4n) is 1.04. The minimum absolute atomic E-state index is 1.07. The van der Waals surface area contributed by atoms with Crippen molar-refractivity contribution in [2.45, 2.75) is 20.8 Å². The highest BCUT2D eigenvalue weighted by molar-refractivity contribution is 7.13. The van der Waals surface area contributed by atoms with Gasteiger partial charge in [0.2, 0.25) is 0 Å². The van der Waals surface area contributed by atoms with Crippen LogP contribution in [0, 0.1) is 6.92 Å². The molecule has 2 aromatic rings. The van der Waals surface area contributed by atoms with Crippen molar-refractivity contribution in [3.63, 3.8) is 0 Å². The van der Waals surface area contributed by atoms with Crippen LogP contribution in [0.5, 0.6) is 0 Å². The molecule has 0 N–H and O–H groups in total. The van der Waals surface area contributed by atoms with Crippen molar-refractivity contribution in [2.75, 3.05) is 0 Å². The zero-order chi connectivity index (χ0) is 10.4. The summed E-state index contributed by atoms with van der Waals surface area (Å²) in [7, 11) is 0. The van der Waals surface area contributed by atoms with Gasteiger partial charge in [0, 0.05) is 6.20 Å². The molecule has 0 fully saturated rings. The summed E-state index contributed by atoms with van der Waals surface area (Å²) in [4.78, 5) is 5.56. The van der Waals surface area contributed by atoms with E-state index in [1.165, 1.54) is 10.4 Å². The van der Waals surface area contributed by atoms with Crippen LogP contribution in [0.4, 0.5) is 0 Å². The summed E-state index contributed by atoms with van der Waals surface area (Å²) in [6, 6.07) is 8.27. The molecule has 2 aromatic heterocycles. The molecule has 2 heteroatoms. The lowest BCUT2D eigenvalue weighted by Gasteiger charge is -1.95. The Kier molecular flexibility index (Phi) is 4.33. The van der Waals surface area contributed by atoms with Crippen LogP contribution in [-0.2, 0) is 0 Å². The number of pyridine rings is 1. The number of nitrogens with zero attached hydrogens (tertiary/aromatic N) is 1. The number of rotatable bonds is 1. The van der Waals surface area contributed by atoms with E-state index in [-0.39, 0.29) is 0 Å². The van der Waals surface area contributed by atoms with Crippen molar-refractivity contribution in [1.82, 2.24) is 4.98 Å². The van der Waals surface area contributed by atoms with Gasteiger partial charge in [0.15, 0.2) is 0 Å². The maximum atomic E-state index is 4.33. The fraction of sp³-hybridized carbons (Fsp3) is 0.250. The lowest BCUT2D eigenvalue weighted by molar-refractivity contribution is 1.28. The van der Waals surface area contributed by atoms with Gasteiger partial charge in [-0.25, -0.2) is 0 Å². The molecule has 0 spiro atoms. The van der Waals surface area contributed by atoms with Gasteiger partial charge in [-0.05, 0) is 30.0 Å². The maximum absolute atomic E-state index is 4.33. The van der Waals surface area contributed by atoms with E-state index in [0.29, 0.717) is 0 Å². The Morgan fingerprint density at radius 1 is 1.14 bits per heavy atom. The number of hydrogen-bond acceptors (Lipinski definition) is 2. The molecule has 0 amide bonds. The Bertz CT molecular complexity index is 348. The van der Waals surface area contributed by atoms with Gasteiger partial charge in [-0.1, -0.05) is 26.0 Å². The normalized spacial score (nSPS) is 9.07. The molecular formula is C12H15NS. The summed E-state index contributed by atoms with van der Waals surface area (Å²) >= 11 is 1.72. The van der Waals surface area contributed by atoms with E-state index in [1.807, 2.05) is 33.0 Å². The number of aromatic nitrogens is 1. The number of thiophene rings is 1. The van der Waals surface area contributed by atoms with Crippen LogP contribution < -0.4 is 0 Å². The Morgan fingerprint density at radius 2 is 1.93 bits per heavy atom. The van der Waals surface area contributed by atoms with Crippen molar-refractivity contribution in [2.24, 2.45) is 0 Å². The highest BCUT2D eigenvalue weighted by atomic mass is 32.1. The largest absolute Gasteiger partial charge is 0.255 e. The summed E-state index contributed by atoms with van der Waals surface area (Å²) in [5.74, 6) is 0. The van der Waals surface area contributed by atoms with Crippen LogP contribution in [-0.4, -0.2) is 4.98 Å². The average Bonchev–Trinajstić information content (AvgIpc) is 2.75. The van der Waals surface area contributed by atoms with Crippen LogP contribution in [0.15, 0.2) is 35.8 Å². The summed E-state index contributed by atoms with van der Waals surface area (Å²) in [6.07, 6.45) is 1.90. The van der Waals surface area contributed by atoms with E-state index in [4.69, 9.17) is 0 Å². The molecule has 2 rings (SSSR count). The lowest BCUT2D eigenvalue weighted by Crippen LogP contribution is -1.79. The van der Waals surface area contributed by atoms with Gasteiger partial charge in [-0.15, -0.1) is 11.3 Å². The topological polar surface area (TPSA) is 12.9 Å². The van der Waals surface area contributed by atoms with E-state index < -0.39 is 0 Å². The second kappa shape index (κ2) is 5.55. The lowest BCUT2D eigenvalue weighted by atomic mass is 10.2. The number of aryl methyl sites for hydroxylation is 1. The molecule has 74 valence electrons. The molecule has 0 aliphatic heterocycles. The van der Waals surface area contributed by atoms with Gasteiger partial charge in [0.05, 0.1) is 10.6 Å². The van der Waals surface area contributed by atoms with Crippen molar-refractivity contribution in [1.29, 1.82) is 0 Å². The SMILES string of the molecule is CC.Cc1ccc(-c2cccs2)nc1. The van der Waals surface area contributed by atoms with Crippen molar-refractivity contribution in [3.05, 3.63) is 41.4 Å². The van der Waals surface area contributed by atoms with Crippen molar-refractivity contribution < 1.29 is 0 Å². The van der Waals surface area contributed by atoms with Crippen LogP contribution >= 0.6 is 11.3 Å². The van der Waals surface area contributed by atoms with E-state index in [1.54, 1.807) is 11.3 Å². The van der Waals surface area contributed by atoms with E-state index in [9.17, 15) is 0 Å². The highest BCUT2D eigenvalue weighted by Crippen LogP contribution is 2.21. The van der Waals surface area contributed by atoms with E-state index in [2.05, 4.69) is 28.6 Å². The molecule has 0 aliphatic rings.